The molecule has 1 atom stereocenters. The number of nitrogens with zero attached hydrogens (tertiary/aromatic N) is 3. The number of thiazole rings is 1. The summed E-state index contributed by atoms with van der Waals surface area (Å²) in [6.45, 7) is 1.46. The second-order valence-electron chi connectivity index (χ2n) is 4.28. The van der Waals surface area contributed by atoms with Crippen molar-refractivity contribution in [2.45, 2.75) is 18.1 Å². The molecule has 1 N–H and O–H groups in total. The Hall–Kier alpha value is -1.05. The third kappa shape index (κ3) is 1.87. The van der Waals surface area contributed by atoms with Gasteiger partial charge in [-0.25, -0.2) is 9.55 Å². The van der Waals surface area contributed by atoms with Crippen molar-refractivity contribution < 1.29 is 14.5 Å². The summed E-state index contributed by atoms with van der Waals surface area (Å²) in [5, 5.41) is 10.9. The van der Waals surface area contributed by atoms with E-state index in [0.717, 1.165) is 15.8 Å². The fourth-order valence-electron chi connectivity index (χ4n) is 2.25. The van der Waals surface area contributed by atoms with E-state index < -0.39 is 0 Å². The minimum absolute atomic E-state index is 0.00370. The number of fused-ring (bicyclic) bond motifs is 1. The lowest BCUT2D eigenvalue weighted by atomic mass is 10.2. The van der Waals surface area contributed by atoms with E-state index in [1.165, 1.54) is 18.3 Å². The molecule has 2 aromatic rings. The highest BCUT2D eigenvalue weighted by atomic mass is 35.5. The Kier molecular flexibility index (Phi) is 3.07. The average molecular weight is 317 g/mol. The van der Waals surface area contributed by atoms with Gasteiger partial charge in [0.2, 0.25) is 5.78 Å². The van der Waals surface area contributed by atoms with Crippen LogP contribution in [0.3, 0.4) is 0 Å². The fourth-order valence-corrected chi connectivity index (χ4v) is 4.68. The Balaban J connectivity index is 2.18. The van der Waals surface area contributed by atoms with Gasteiger partial charge >= 0.3 is 11.0 Å². The van der Waals surface area contributed by atoms with Crippen molar-refractivity contribution in [1.29, 1.82) is 0 Å². The van der Waals surface area contributed by atoms with Crippen molar-refractivity contribution in [3.8, 4) is 5.88 Å². The Morgan fingerprint density at radius 1 is 1.68 bits per heavy atom. The summed E-state index contributed by atoms with van der Waals surface area (Å²) >= 11 is 8.89. The SMILES string of the molecule is CC(=O)c1c(O)[n+](C)c2n1C(c1cnc(Cl)s1)CS2. The van der Waals surface area contributed by atoms with Gasteiger partial charge in [0.1, 0.15) is 6.04 Å². The second kappa shape index (κ2) is 4.50. The van der Waals surface area contributed by atoms with Crippen molar-refractivity contribution in [2.75, 3.05) is 5.75 Å². The molecule has 0 radical (unpaired) electrons. The molecular weight excluding hydrogens is 306 g/mol. The van der Waals surface area contributed by atoms with Crippen molar-refractivity contribution >= 4 is 40.5 Å². The predicted molar refractivity (Wildman–Crippen MR) is 73.3 cm³/mol. The zero-order chi connectivity index (χ0) is 13.7. The van der Waals surface area contributed by atoms with Crippen LogP contribution in [0.4, 0.5) is 0 Å². The first kappa shape index (κ1) is 13.0. The lowest BCUT2D eigenvalue weighted by Gasteiger charge is -2.05. The number of aromatic nitrogens is 3. The normalized spacial score (nSPS) is 17.7. The first-order valence-electron chi connectivity index (χ1n) is 5.59. The molecule has 5 nitrogen and oxygen atoms in total. The zero-order valence-electron chi connectivity index (χ0n) is 10.3. The molecule has 0 amide bonds. The molecule has 3 rings (SSSR count). The molecule has 1 aliphatic heterocycles. The molecule has 0 aliphatic carbocycles. The number of hydrogen-bond acceptors (Lipinski definition) is 5. The van der Waals surface area contributed by atoms with Crippen LogP contribution in [0.5, 0.6) is 5.88 Å². The van der Waals surface area contributed by atoms with E-state index in [2.05, 4.69) is 4.98 Å². The molecular formula is C11H11ClN3O2S2+. The molecule has 8 heteroatoms. The van der Waals surface area contributed by atoms with E-state index in [1.807, 2.05) is 4.57 Å². The van der Waals surface area contributed by atoms with Crippen molar-refractivity contribution in [3.05, 3.63) is 21.2 Å². The molecule has 0 bridgehead atoms. The highest BCUT2D eigenvalue weighted by molar-refractivity contribution is 7.99. The predicted octanol–water partition coefficient (Wildman–Crippen LogP) is 2.03. The van der Waals surface area contributed by atoms with Crippen LogP contribution in [0.1, 0.15) is 28.3 Å². The summed E-state index contributed by atoms with van der Waals surface area (Å²) in [6.07, 6.45) is 1.73. The van der Waals surface area contributed by atoms with Gasteiger partial charge in [0, 0.05) is 13.1 Å². The number of aromatic hydroxyl groups is 1. The number of carbonyl (C=O) groups excluding carboxylic acids is 1. The highest BCUT2D eigenvalue weighted by Gasteiger charge is 2.42. The fraction of sp³-hybridized carbons (Fsp3) is 0.364. The third-order valence-electron chi connectivity index (χ3n) is 3.10. The Bertz CT molecular complexity index is 680. The quantitative estimate of drug-likeness (QED) is 0.680. The molecule has 0 spiro atoms. The summed E-state index contributed by atoms with van der Waals surface area (Å²) in [6, 6.07) is -0.00370. The van der Waals surface area contributed by atoms with Crippen LogP contribution >= 0.6 is 34.7 Å². The van der Waals surface area contributed by atoms with E-state index in [0.29, 0.717) is 10.2 Å². The summed E-state index contributed by atoms with van der Waals surface area (Å²) < 4.78 is 4.01. The van der Waals surface area contributed by atoms with Gasteiger partial charge < -0.3 is 5.11 Å². The highest BCUT2D eigenvalue weighted by Crippen LogP contribution is 2.41. The van der Waals surface area contributed by atoms with Crippen molar-refractivity contribution in [2.24, 2.45) is 7.05 Å². The van der Waals surface area contributed by atoms with Crippen LogP contribution in [0.2, 0.25) is 4.47 Å². The van der Waals surface area contributed by atoms with Crippen LogP contribution in [0.15, 0.2) is 11.4 Å². The van der Waals surface area contributed by atoms with Gasteiger partial charge in [-0.15, -0.1) is 11.3 Å². The molecule has 2 aromatic heterocycles. The minimum Gasteiger partial charge on any atom is -0.475 e. The van der Waals surface area contributed by atoms with E-state index in [9.17, 15) is 9.90 Å². The second-order valence-corrected chi connectivity index (χ2v) is 6.91. The standard InChI is InChI=1S/C11H10ClN3O2S2/c1-5(16)8-9(17)14(2)11-15(8)6(4-18-11)7-3-13-10(12)19-7/h3,6H,4H2,1-2H3/p+1. The number of carbonyl (C=O) groups is 1. The summed E-state index contributed by atoms with van der Waals surface area (Å²) in [4.78, 5) is 16.8. The maximum absolute atomic E-state index is 11.8. The molecule has 0 saturated heterocycles. The van der Waals surface area contributed by atoms with Gasteiger partial charge in [0.15, 0.2) is 4.47 Å². The van der Waals surface area contributed by atoms with Gasteiger partial charge in [0.25, 0.3) is 5.69 Å². The zero-order valence-corrected chi connectivity index (χ0v) is 12.6. The molecule has 1 aliphatic rings. The summed E-state index contributed by atoms with van der Waals surface area (Å²) in [7, 11) is 1.75. The summed E-state index contributed by atoms with van der Waals surface area (Å²) in [5.41, 5.74) is 0.344. The first-order chi connectivity index (χ1) is 9.00. The third-order valence-corrected chi connectivity index (χ3v) is 5.53. The van der Waals surface area contributed by atoms with Crippen molar-refractivity contribution in [1.82, 2.24) is 9.55 Å². The number of rotatable bonds is 2. The lowest BCUT2D eigenvalue weighted by Crippen LogP contribution is -2.28. The van der Waals surface area contributed by atoms with Crippen molar-refractivity contribution in [3.63, 3.8) is 0 Å². The molecule has 0 saturated carbocycles. The van der Waals surface area contributed by atoms with E-state index in [4.69, 9.17) is 11.6 Å². The Morgan fingerprint density at radius 2 is 2.42 bits per heavy atom. The Morgan fingerprint density at radius 3 is 3.00 bits per heavy atom. The number of hydrogen-bond donors (Lipinski definition) is 1. The number of halogens is 1. The van der Waals surface area contributed by atoms with Gasteiger partial charge in [-0.05, 0) is 11.8 Å². The monoisotopic (exact) mass is 316 g/mol. The molecule has 3 heterocycles. The first-order valence-corrected chi connectivity index (χ1v) is 7.77. The molecule has 100 valence electrons. The molecule has 19 heavy (non-hydrogen) atoms. The van der Waals surface area contributed by atoms with Crippen LogP contribution in [-0.2, 0) is 7.05 Å². The van der Waals surface area contributed by atoms with Crippen LogP contribution < -0.4 is 4.57 Å². The number of thioether (sulfide) groups is 1. The van der Waals surface area contributed by atoms with E-state index in [1.54, 1.807) is 29.6 Å². The van der Waals surface area contributed by atoms with E-state index in [-0.39, 0.29) is 17.7 Å². The topological polar surface area (TPSA) is 59.0 Å². The smallest absolute Gasteiger partial charge is 0.334 e. The molecule has 0 fully saturated rings. The number of ketones is 1. The maximum atomic E-state index is 11.8. The molecule has 1 unspecified atom stereocenters. The van der Waals surface area contributed by atoms with Gasteiger partial charge in [-0.3, -0.25) is 4.79 Å². The lowest BCUT2D eigenvalue weighted by molar-refractivity contribution is -0.714. The van der Waals surface area contributed by atoms with Gasteiger partial charge in [-0.1, -0.05) is 11.6 Å². The van der Waals surface area contributed by atoms with Gasteiger partial charge in [-0.2, -0.15) is 4.57 Å². The minimum atomic E-state index is -0.150. The van der Waals surface area contributed by atoms with E-state index >= 15 is 0 Å². The average Bonchev–Trinajstić information content (AvgIpc) is 2.99. The number of imidazole rings is 1. The summed E-state index contributed by atoms with van der Waals surface area (Å²) in [5.74, 6) is 0.667. The molecule has 0 aromatic carbocycles. The number of Topliss-reactive ketones (excluding diaryl/α,β-unsaturated/α-hetero) is 1. The van der Waals surface area contributed by atoms with Gasteiger partial charge in [0.05, 0.1) is 17.7 Å². The maximum Gasteiger partial charge on any atom is 0.334 e. The largest absolute Gasteiger partial charge is 0.475 e. The Labute approximate surface area is 122 Å². The van der Waals surface area contributed by atoms with Crippen LogP contribution in [0.25, 0.3) is 0 Å². The van der Waals surface area contributed by atoms with Crippen LogP contribution in [0, 0.1) is 0 Å². The van der Waals surface area contributed by atoms with Crippen LogP contribution in [-0.4, -0.2) is 26.2 Å².